The van der Waals surface area contributed by atoms with Gasteiger partial charge in [-0.2, -0.15) is 4.72 Å². The molecule has 4 aromatic rings. The first kappa shape index (κ1) is 24.5. The number of carbonyl (C=O) groups excluding carboxylic acids is 1. The molecular weight excluding hydrogens is 484 g/mol. The van der Waals surface area contributed by atoms with Gasteiger partial charge in [0.2, 0.25) is 10.0 Å². The average Bonchev–Trinajstić information content (AvgIpc) is 2.88. The Labute approximate surface area is 209 Å². The molecule has 0 aliphatic carbocycles. The number of methoxy groups -OCH3 is 1. The molecule has 2 N–H and O–H groups in total. The maximum atomic E-state index is 13.5. The highest BCUT2D eigenvalue weighted by molar-refractivity contribution is 7.89. The van der Waals surface area contributed by atoms with E-state index in [1.807, 2.05) is 60.7 Å². The minimum absolute atomic E-state index is 0.0171. The maximum Gasteiger partial charge on any atom is 0.255 e. The van der Waals surface area contributed by atoms with Gasteiger partial charge in [-0.3, -0.25) is 4.79 Å². The second-order valence-corrected chi connectivity index (χ2v) is 9.85. The molecule has 0 unspecified atom stereocenters. The number of hydrogen-bond donors (Lipinski definition) is 2. The van der Waals surface area contributed by atoms with Crippen LogP contribution in [0, 0.1) is 0 Å². The van der Waals surface area contributed by atoms with Crippen LogP contribution in [0.3, 0.4) is 0 Å². The third-order valence-electron chi connectivity index (χ3n) is 5.36. The summed E-state index contributed by atoms with van der Waals surface area (Å²) in [4.78, 5) is 12.7. The number of ether oxygens (including phenoxy) is 1. The van der Waals surface area contributed by atoms with E-state index < -0.39 is 22.0 Å². The Bertz CT molecular complexity index is 1390. The minimum Gasteiger partial charge on any atom is -0.495 e. The molecule has 35 heavy (non-hydrogen) atoms. The lowest BCUT2D eigenvalue weighted by Gasteiger charge is -2.20. The summed E-state index contributed by atoms with van der Waals surface area (Å²) in [6.45, 7) is 0. The van der Waals surface area contributed by atoms with E-state index in [0.717, 1.165) is 11.1 Å². The van der Waals surface area contributed by atoms with Crippen LogP contribution in [0.5, 0.6) is 5.75 Å². The molecule has 1 amide bonds. The van der Waals surface area contributed by atoms with Crippen molar-refractivity contribution in [1.82, 2.24) is 4.72 Å². The lowest BCUT2D eigenvalue weighted by atomic mass is 10.00. The molecule has 0 fully saturated rings. The Morgan fingerprint density at radius 3 is 2.03 bits per heavy atom. The zero-order valence-corrected chi connectivity index (χ0v) is 20.4. The van der Waals surface area contributed by atoms with E-state index in [0.29, 0.717) is 16.3 Å². The van der Waals surface area contributed by atoms with Gasteiger partial charge in [0.05, 0.1) is 23.7 Å². The van der Waals surface area contributed by atoms with Crippen molar-refractivity contribution in [1.29, 1.82) is 0 Å². The predicted molar refractivity (Wildman–Crippen MR) is 137 cm³/mol. The fraction of sp³-hybridized carbons (Fsp3) is 0.0741. The zero-order chi connectivity index (χ0) is 24.8. The molecule has 6 nitrogen and oxygen atoms in total. The normalized spacial score (nSPS) is 11.3. The van der Waals surface area contributed by atoms with Crippen LogP contribution in [0.2, 0.25) is 5.02 Å². The summed E-state index contributed by atoms with van der Waals surface area (Å²) >= 11 is 5.99. The van der Waals surface area contributed by atoms with Gasteiger partial charge in [0.15, 0.2) is 0 Å². The van der Waals surface area contributed by atoms with Gasteiger partial charge >= 0.3 is 0 Å². The summed E-state index contributed by atoms with van der Waals surface area (Å²) in [6, 6.07) is 28.8. The summed E-state index contributed by atoms with van der Waals surface area (Å²) in [6.07, 6.45) is 0. The summed E-state index contributed by atoms with van der Waals surface area (Å²) < 4.78 is 35.1. The fourth-order valence-corrected chi connectivity index (χ4v) is 5.05. The number of nitrogens with one attached hydrogen (secondary N) is 2. The van der Waals surface area contributed by atoms with Gasteiger partial charge in [-0.25, -0.2) is 8.42 Å². The maximum absolute atomic E-state index is 13.5. The average molecular weight is 507 g/mol. The summed E-state index contributed by atoms with van der Waals surface area (Å²) in [5.74, 6) is -0.123. The number of amides is 1. The Kier molecular flexibility index (Phi) is 7.51. The van der Waals surface area contributed by atoms with E-state index in [1.165, 1.54) is 31.4 Å². The Hall–Kier alpha value is -3.65. The molecular formula is C27H23ClN2O4S. The molecule has 0 spiro atoms. The van der Waals surface area contributed by atoms with Gasteiger partial charge in [-0.15, -0.1) is 0 Å². The van der Waals surface area contributed by atoms with Crippen LogP contribution in [0.25, 0.3) is 0 Å². The SMILES string of the molecule is COc1ccc(S(=O)(=O)NC(c2ccccc2)c2ccccc2)cc1NC(=O)c1cccc(Cl)c1. The van der Waals surface area contributed by atoms with Crippen LogP contribution in [-0.2, 0) is 10.0 Å². The number of rotatable bonds is 8. The summed E-state index contributed by atoms with van der Waals surface area (Å²) in [5.41, 5.74) is 2.14. The monoisotopic (exact) mass is 506 g/mol. The molecule has 4 rings (SSSR count). The minimum atomic E-state index is -3.99. The smallest absolute Gasteiger partial charge is 0.255 e. The molecule has 0 radical (unpaired) electrons. The lowest BCUT2D eigenvalue weighted by molar-refractivity contribution is 0.102. The lowest BCUT2D eigenvalue weighted by Crippen LogP contribution is -2.29. The van der Waals surface area contributed by atoms with Crippen molar-refractivity contribution >= 4 is 33.2 Å². The van der Waals surface area contributed by atoms with Crippen LogP contribution in [0.4, 0.5) is 5.69 Å². The van der Waals surface area contributed by atoms with E-state index in [4.69, 9.17) is 16.3 Å². The molecule has 178 valence electrons. The molecule has 0 aromatic heterocycles. The number of anilines is 1. The first-order chi connectivity index (χ1) is 16.9. The van der Waals surface area contributed by atoms with Crippen molar-refractivity contribution in [2.24, 2.45) is 0 Å². The van der Waals surface area contributed by atoms with E-state index in [-0.39, 0.29) is 10.6 Å². The van der Waals surface area contributed by atoms with Crippen LogP contribution in [0.15, 0.2) is 108 Å². The first-order valence-corrected chi connectivity index (χ1v) is 12.6. The first-order valence-electron chi connectivity index (χ1n) is 10.7. The second-order valence-electron chi connectivity index (χ2n) is 7.70. The Morgan fingerprint density at radius 1 is 0.829 bits per heavy atom. The van der Waals surface area contributed by atoms with Gasteiger partial charge in [-0.1, -0.05) is 78.3 Å². The molecule has 0 saturated carbocycles. The van der Waals surface area contributed by atoms with Gasteiger partial charge in [0, 0.05) is 10.6 Å². The van der Waals surface area contributed by atoms with E-state index >= 15 is 0 Å². The third-order valence-corrected chi connectivity index (χ3v) is 7.01. The second kappa shape index (κ2) is 10.7. The van der Waals surface area contributed by atoms with Gasteiger partial charge in [0.1, 0.15) is 5.75 Å². The van der Waals surface area contributed by atoms with Gasteiger partial charge in [0.25, 0.3) is 5.91 Å². The predicted octanol–water partition coefficient (Wildman–Crippen LogP) is 5.67. The molecule has 8 heteroatoms. The largest absolute Gasteiger partial charge is 0.495 e. The molecule has 4 aromatic carbocycles. The van der Waals surface area contributed by atoms with Crippen molar-refractivity contribution in [2.45, 2.75) is 10.9 Å². The van der Waals surface area contributed by atoms with Crippen LogP contribution < -0.4 is 14.8 Å². The van der Waals surface area contributed by atoms with Crippen molar-refractivity contribution in [3.05, 3.63) is 125 Å². The van der Waals surface area contributed by atoms with Gasteiger partial charge < -0.3 is 10.1 Å². The highest BCUT2D eigenvalue weighted by atomic mass is 35.5. The van der Waals surface area contributed by atoms with Crippen LogP contribution in [-0.4, -0.2) is 21.4 Å². The molecule has 0 atom stereocenters. The van der Waals surface area contributed by atoms with Gasteiger partial charge in [-0.05, 0) is 47.5 Å². The Morgan fingerprint density at radius 2 is 1.46 bits per heavy atom. The molecule has 0 bridgehead atoms. The number of hydrogen-bond acceptors (Lipinski definition) is 4. The quantitative estimate of drug-likeness (QED) is 0.322. The van der Waals surface area contributed by atoms with Crippen molar-refractivity contribution in [3.8, 4) is 5.75 Å². The third kappa shape index (κ3) is 5.89. The number of halogens is 1. The summed E-state index contributed by atoms with van der Waals surface area (Å²) in [5, 5.41) is 3.13. The highest BCUT2D eigenvalue weighted by Crippen LogP contribution is 2.30. The molecule has 0 saturated heterocycles. The summed E-state index contributed by atoms with van der Waals surface area (Å²) in [7, 11) is -2.55. The van der Waals surface area contributed by atoms with E-state index in [1.54, 1.807) is 18.2 Å². The molecule has 0 heterocycles. The zero-order valence-electron chi connectivity index (χ0n) is 18.8. The van der Waals surface area contributed by atoms with Crippen LogP contribution >= 0.6 is 11.6 Å². The number of benzene rings is 4. The molecule has 0 aliphatic heterocycles. The van der Waals surface area contributed by atoms with Crippen molar-refractivity contribution < 1.29 is 17.9 Å². The van der Waals surface area contributed by atoms with Crippen LogP contribution in [0.1, 0.15) is 27.5 Å². The standard InChI is InChI=1S/C27H23ClN2O4S/c1-34-25-16-15-23(18-24(25)29-27(31)21-13-8-14-22(28)17-21)35(32,33)30-26(19-9-4-2-5-10-19)20-11-6-3-7-12-20/h2-18,26,30H,1H3,(H,29,31). The number of sulfonamides is 1. The molecule has 0 aliphatic rings. The van der Waals surface area contributed by atoms with Crippen molar-refractivity contribution in [3.63, 3.8) is 0 Å². The topological polar surface area (TPSA) is 84.5 Å². The fourth-order valence-electron chi connectivity index (χ4n) is 3.62. The van der Waals surface area contributed by atoms with Crippen molar-refractivity contribution in [2.75, 3.05) is 12.4 Å². The Balaban J connectivity index is 1.67. The highest BCUT2D eigenvalue weighted by Gasteiger charge is 2.24. The van der Waals surface area contributed by atoms with E-state index in [2.05, 4.69) is 10.0 Å². The number of carbonyl (C=O) groups is 1. The van der Waals surface area contributed by atoms with E-state index in [9.17, 15) is 13.2 Å².